The van der Waals surface area contributed by atoms with Gasteiger partial charge in [0.1, 0.15) is 0 Å². The summed E-state index contributed by atoms with van der Waals surface area (Å²) in [7, 11) is -3.98. The Bertz CT molecular complexity index is 1090. The molecule has 0 aliphatic heterocycles. The van der Waals surface area contributed by atoms with Gasteiger partial charge in [-0.2, -0.15) is 0 Å². The van der Waals surface area contributed by atoms with Crippen molar-refractivity contribution in [3.8, 4) is 0 Å². The standard InChI is InChI=1S/C23H27NO5S2/c1-16-9-10-17(2)20(13-16)31(27,28)23(11-4-5-12-23)22(26)29-15-21(25)24-18-7-6-8-19(14-18)30-3/h6-10,13-14H,4-5,11-12,15H2,1-3H3,(H,24,25). The summed E-state index contributed by atoms with van der Waals surface area (Å²) < 4.78 is 30.8. The van der Waals surface area contributed by atoms with Crippen LogP contribution in [0, 0.1) is 13.8 Å². The first kappa shape index (κ1) is 23.3. The molecular formula is C23H27NO5S2. The minimum absolute atomic E-state index is 0.157. The molecule has 1 aliphatic carbocycles. The summed E-state index contributed by atoms with van der Waals surface area (Å²) in [6.45, 7) is 3.00. The fourth-order valence-corrected chi connectivity index (χ4v) is 6.71. The zero-order valence-corrected chi connectivity index (χ0v) is 19.6. The molecule has 3 rings (SSSR count). The van der Waals surface area contributed by atoms with Crippen molar-refractivity contribution < 1.29 is 22.7 Å². The molecule has 1 N–H and O–H groups in total. The van der Waals surface area contributed by atoms with E-state index in [1.54, 1.807) is 36.9 Å². The molecule has 0 radical (unpaired) electrons. The van der Waals surface area contributed by atoms with E-state index in [2.05, 4.69) is 5.32 Å². The van der Waals surface area contributed by atoms with Gasteiger partial charge in [0, 0.05) is 10.6 Å². The Labute approximate surface area is 187 Å². The van der Waals surface area contributed by atoms with Crippen molar-refractivity contribution >= 4 is 39.2 Å². The molecule has 1 saturated carbocycles. The number of sulfone groups is 1. The summed E-state index contributed by atoms with van der Waals surface area (Å²) in [6.07, 6.45) is 3.55. The van der Waals surface area contributed by atoms with Crippen molar-refractivity contribution in [3.63, 3.8) is 0 Å². The van der Waals surface area contributed by atoms with Gasteiger partial charge in [0.05, 0.1) is 4.90 Å². The molecule has 1 aliphatic rings. The van der Waals surface area contributed by atoms with E-state index in [0.717, 1.165) is 10.5 Å². The number of thioether (sulfide) groups is 1. The quantitative estimate of drug-likeness (QED) is 0.489. The minimum Gasteiger partial charge on any atom is -0.454 e. The van der Waals surface area contributed by atoms with Crippen LogP contribution in [0.3, 0.4) is 0 Å². The maximum atomic E-state index is 13.6. The lowest BCUT2D eigenvalue weighted by Gasteiger charge is -2.27. The van der Waals surface area contributed by atoms with E-state index >= 15 is 0 Å². The van der Waals surface area contributed by atoms with Crippen molar-refractivity contribution in [1.82, 2.24) is 0 Å². The Morgan fingerprint density at radius 3 is 2.48 bits per heavy atom. The van der Waals surface area contributed by atoms with Crippen LogP contribution in [-0.2, 0) is 24.2 Å². The molecule has 2 aromatic carbocycles. The number of ether oxygens (including phenoxy) is 1. The Morgan fingerprint density at radius 2 is 1.81 bits per heavy atom. The van der Waals surface area contributed by atoms with Gasteiger partial charge in [-0.1, -0.05) is 31.0 Å². The molecular weight excluding hydrogens is 434 g/mol. The second-order valence-electron chi connectivity index (χ2n) is 7.83. The van der Waals surface area contributed by atoms with Crippen molar-refractivity contribution in [1.29, 1.82) is 0 Å². The van der Waals surface area contributed by atoms with Gasteiger partial charge >= 0.3 is 5.97 Å². The number of amides is 1. The van der Waals surface area contributed by atoms with Gasteiger partial charge in [-0.3, -0.25) is 9.59 Å². The number of aryl methyl sites for hydroxylation is 2. The fourth-order valence-electron chi connectivity index (χ4n) is 3.90. The topological polar surface area (TPSA) is 89.5 Å². The van der Waals surface area contributed by atoms with Gasteiger partial charge in [0.25, 0.3) is 5.91 Å². The summed E-state index contributed by atoms with van der Waals surface area (Å²) in [4.78, 5) is 26.5. The van der Waals surface area contributed by atoms with E-state index in [-0.39, 0.29) is 17.7 Å². The summed E-state index contributed by atoms with van der Waals surface area (Å²) in [6, 6.07) is 12.5. The van der Waals surface area contributed by atoms with Crippen LogP contribution in [0.2, 0.25) is 0 Å². The molecule has 0 spiro atoms. The van der Waals surface area contributed by atoms with Gasteiger partial charge in [-0.25, -0.2) is 8.42 Å². The predicted octanol–water partition coefficient (Wildman–Crippen LogP) is 4.29. The maximum absolute atomic E-state index is 13.6. The zero-order valence-electron chi connectivity index (χ0n) is 17.9. The number of esters is 1. The molecule has 6 nitrogen and oxygen atoms in total. The molecule has 0 bridgehead atoms. The van der Waals surface area contributed by atoms with Crippen LogP contribution in [0.1, 0.15) is 36.8 Å². The number of anilines is 1. The van der Waals surface area contributed by atoms with Gasteiger partial charge < -0.3 is 10.1 Å². The van der Waals surface area contributed by atoms with Crippen molar-refractivity contribution in [2.45, 2.75) is 54.1 Å². The molecule has 0 aromatic heterocycles. The van der Waals surface area contributed by atoms with Crippen LogP contribution in [0.5, 0.6) is 0 Å². The summed E-state index contributed by atoms with van der Waals surface area (Å²) in [5.41, 5.74) is 1.99. The lowest BCUT2D eigenvalue weighted by atomic mass is 10.1. The average Bonchev–Trinajstić information content (AvgIpc) is 3.26. The molecule has 166 valence electrons. The third kappa shape index (κ3) is 4.80. The van der Waals surface area contributed by atoms with Crippen LogP contribution in [0.15, 0.2) is 52.3 Å². The molecule has 8 heteroatoms. The molecule has 1 amide bonds. The SMILES string of the molecule is CSc1cccc(NC(=O)COC(=O)C2(S(=O)(=O)c3cc(C)ccc3C)CCCC2)c1. The third-order valence-corrected chi connectivity index (χ3v) is 8.97. The minimum atomic E-state index is -3.98. The Balaban J connectivity index is 1.77. The monoisotopic (exact) mass is 461 g/mol. The number of nitrogens with one attached hydrogen (secondary N) is 1. The van der Waals surface area contributed by atoms with E-state index < -0.39 is 33.1 Å². The van der Waals surface area contributed by atoms with Crippen LogP contribution in [-0.4, -0.2) is 37.9 Å². The lowest BCUT2D eigenvalue weighted by Crippen LogP contribution is -2.46. The lowest BCUT2D eigenvalue weighted by molar-refractivity contribution is -0.149. The van der Waals surface area contributed by atoms with Crippen molar-refractivity contribution in [2.24, 2.45) is 0 Å². The Kier molecular flexibility index (Phi) is 7.11. The van der Waals surface area contributed by atoms with Crippen LogP contribution < -0.4 is 5.32 Å². The third-order valence-electron chi connectivity index (χ3n) is 5.62. The van der Waals surface area contributed by atoms with Crippen molar-refractivity contribution in [3.05, 3.63) is 53.6 Å². The van der Waals surface area contributed by atoms with Gasteiger partial charge in [0.15, 0.2) is 21.2 Å². The number of carbonyl (C=O) groups is 2. The zero-order chi connectivity index (χ0) is 22.6. The van der Waals surface area contributed by atoms with Crippen molar-refractivity contribution in [2.75, 3.05) is 18.2 Å². The van der Waals surface area contributed by atoms with Gasteiger partial charge in [-0.15, -0.1) is 11.8 Å². The van der Waals surface area contributed by atoms with Gasteiger partial charge in [0.2, 0.25) is 0 Å². The molecule has 0 unspecified atom stereocenters. The van der Waals surface area contributed by atoms with E-state index in [1.165, 1.54) is 0 Å². The van der Waals surface area contributed by atoms with E-state index in [1.807, 2.05) is 37.4 Å². The highest BCUT2D eigenvalue weighted by Crippen LogP contribution is 2.42. The molecule has 31 heavy (non-hydrogen) atoms. The highest BCUT2D eigenvalue weighted by Gasteiger charge is 2.54. The first-order chi connectivity index (χ1) is 14.7. The molecule has 0 atom stereocenters. The number of carbonyl (C=O) groups excluding carboxylic acids is 2. The summed E-state index contributed by atoms with van der Waals surface area (Å²) in [5, 5.41) is 2.68. The molecule has 0 saturated heterocycles. The van der Waals surface area contributed by atoms with Crippen LogP contribution in [0.25, 0.3) is 0 Å². The van der Waals surface area contributed by atoms with E-state index in [9.17, 15) is 18.0 Å². The fraction of sp³-hybridized carbons (Fsp3) is 0.391. The van der Waals surface area contributed by atoms with Crippen LogP contribution in [0.4, 0.5) is 5.69 Å². The first-order valence-electron chi connectivity index (χ1n) is 10.1. The second-order valence-corrected chi connectivity index (χ2v) is 10.9. The predicted molar refractivity (Wildman–Crippen MR) is 122 cm³/mol. The maximum Gasteiger partial charge on any atom is 0.328 e. The second kappa shape index (κ2) is 9.44. The van der Waals surface area contributed by atoms with E-state index in [0.29, 0.717) is 24.1 Å². The molecule has 2 aromatic rings. The Morgan fingerprint density at radius 1 is 1.10 bits per heavy atom. The highest BCUT2D eigenvalue weighted by molar-refractivity contribution is 7.98. The highest BCUT2D eigenvalue weighted by atomic mass is 32.2. The number of hydrogen-bond acceptors (Lipinski definition) is 6. The van der Waals surface area contributed by atoms with Gasteiger partial charge in [-0.05, 0) is 68.3 Å². The Hall–Kier alpha value is -2.32. The van der Waals surface area contributed by atoms with Crippen LogP contribution >= 0.6 is 11.8 Å². The number of hydrogen-bond donors (Lipinski definition) is 1. The number of rotatable bonds is 7. The normalized spacial score (nSPS) is 15.5. The first-order valence-corrected chi connectivity index (χ1v) is 12.8. The molecule has 0 heterocycles. The average molecular weight is 462 g/mol. The smallest absolute Gasteiger partial charge is 0.328 e. The largest absolute Gasteiger partial charge is 0.454 e. The summed E-state index contributed by atoms with van der Waals surface area (Å²) in [5.74, 6) is -1.36. The summed E-state index contributed by atoms with van der Waals surface area (Å²) >= 11 is 1.54. The molecule has 1 fully saturated rings. The number of benzene rings is 2. The van der Waals surface area contributed by atoms with E-state index in [4.69, 9.17) is 4.74 Å².